The normalized spacial score (nSPS) is 12.6. The maximum absolute atomic E-state index is 5.70. The minimum atomic E-state index is 0.582. The average Bonchev–Trinajstić information content (AvgIpc) is 2.63. The molecule has 5 nitrogen and oxygen atoms in total. The Hall–Kier alpha value is -2.08. The zero-order valence-electron chi connectivity index (χ0n) is 14.4. The highest BCUT2D eigenvalue weighted by Crippen LogP contribution is 2.35. The molecule has 1 heterocycles. The van der Waals surface area contributed by atoms with Crippen molar-refractivity contribution in [1.82, 2.24) is 0 Å². The molecule has 25 heavy (non-hydrogen) atoms. The fourth-order valence-corrected chi connectivity index (χ4v) is 3.06. The predicted molar refractivity (Wildman–Crippen MR) is 101 cm³/mol. The second kappa shape index (κ2) is 8.34. The van der Waals surface area contributed by atoms with E-state index < -0.39 is 0 Å². The van der Waals surface area contributed by atoms with Crippen LogP contribution in [0.3, 0.4) is 0 Å². The molecule has 2 aromatic carbocycles. The third-order valence-electron chi connectivity index (χ3n) is 3.74. The highest BCUT2D eigenvalue weighted by atomic mass is 79.9. The summed E-state index contributed by atoms with van der Waals surface area (Å²) >= 11 is 3.62. The fourth-order valence-electron chi connectivity index (χ4n) is 2.60. The van der Waals surface area contributed by atoms with Crippen LogP contribution in [0.1, 0.15) is 19.4 Å². The van der Waals surface area contributed by atoms with Crippen LogP contribution in [0, 0.1) is 0 Å². The summed E-state index contributed by atoms with van der Waals surface area (Å²) in [6, 6.07) is 9.83. The van der Waals surface area contributed by atoms with E-state index in [0.29, 0.717) is 33.0 Å². The summed E-state index contributed by atoms with van der Waals surface area (Å²) in [6.45, 7) is 6.94. The number of benzene rings is 2. The fraction of sp³-hybridized carbons (Fsp3) is 0.368. The lowest BCUT2D eigenvalue weighted by molar-refractivity contribution is 0.171. The Kier molecular flexibility index (Phi) is 5.91. The number of hydrogen-bond donors (Lipinski definition) is 1. The molecule has 0 aromatic heterocycles. The SMILES string of the molecule is CCOc1cc(Br)c(CNc2ccc3c(c2)OCCO3)cc1OCC. The molecule has 0 fully saturated rings. The molecule has 134 valence electrons. The molecular weight excluding hydrogens is 386 g/mol. The van der Waals surface area contributed by atoms with Crippen molar-refractivity contribution >= 4 is 21.6 Å². The Labute approximate surface area is 156 Å². The number of hydrogen-bond acceptors (Lipinski definition) is 5. The number of rotatable bonds is 7. The second-order valence-corrected chi connectivity index (χ2v) is 6.32. The topological polar surface area (TPSA) is 49.0 Å². The first-order valence-corrected chi connectivity index (χ1v) is 9.22. The van der Waals surface area contributed by atoms with Crippen LogP contribution in [-0.2, 0) is 6.54 Å². The minimum absolute atomic E-state index is 0.582. The van der Waals surface area contributed by atoms with Crippen LogP contribution in [0.25, 0.3) is 0 Å². The van der Waals surface area contributed by atoms with Gasteiger partial charge in [0.1, 0.15) is 13.2 Å². The molecule has 0 amide bonds. The van der Waals surface area contributed by atoms with Crippen molar-refractivity contribution in [2.24, 2.45) is 0 Å². The second-order valence-electron chi connectivity index (χ2n) is 5.47. The molecular formula is C19H22BrNO4. The average molecular weight is 408 g/mol. The van der Waals surface area contributed by atoms with Crippen molar-refractivity contribution in [1.29, 1.82) is 0 Å². The summed E-state index contributed by atoms with van der Waals surface area (Å²) in [5.74, 6) is 3.07. The Morgan fingerprint density at radius 2 is 1.64 bits per heavy atom. The monoisotopic (exact) mass is 407 g/mol. The summed E-state index contributed by atoms with van der Waals surface area (Å²) in [7, 11) is 0. The van der Waals surface area contributed by atoms with E-state index in [0.717, 1.165) is 38.7 Å². The number of halogens is 1. The van der Waals surface area contributed by atoms with Gasteiger partial charge in [-0.2, -0.15) is 0 Å². The molecule has 1 aliphatic heterocycles. The van der Waals surface area contributed by atoms with Gasteiger partial charge in [0.05, 0.1) is 13.2 Å². The first kappa shape index (κ1) is 17.7. The molecule has 0 spiro atoms. The summed E-state index contributed by atoms with van der Waals surface area (Å²) in [4.78, 5) is 0. The van der Waals surface area contributed by atoms with Gasteiger partial charge in [-0.05, 0) is 43.7 Å². The molecule has 0 atom stereocenters. The van der Waals surface area contributed by atoms with Crippen LogP contribution in [0.15, 0.2) is 34.8 Å². The van der Waals surface area contributed by atoms with Gasteiger partial charge in [-0.1, -0.05) is 15.9 Å². The van der Waals surface area contributed by atoms with Crippen molar-refractivity contribution in [3.8, 4) is 23.0 Å². The maximum atomic E-state index is 5.70. The third kappa shape index (κ3) is 4.31. The first-order valence-electron chi connectivity index (χ1n) is 8.42. The number of fused-ring (bicyclic) bond motifs is 1. The van der Waals surface area contributed by atoms with Crippen molar-refractivity contribution in [2.75, 3.05) is 31.7 Å². The number of nitrogens with one attached hydrogen (secondary N) is 1. The van der Waals surface area contributed by atoms with Crippen molar-refractivity contribution in [3.05, 3.63) is 40.4 Å². The molecule has 0 radical (unpaired) electrons. The van der Waals surface area contributed by atoms with E-state index in [1.54, 1.807) is 0 Å². The van der Waals surface area contributed by atoms with Gasteiger partial charge >= 0.3 is 0 Å². The molecule has 0 saturated carbocycles. The molecule has 0 bridgehead atoms. The lowest BCUT2D eigenvalue weighted by Crippen LogP contribution is -2.15. The van der Waals surface area contributed by atoms with Gasteiger partial charge in [0, 0.05) is 22.8 Å². The minimum Gasteiger partial charge on any atom is -0.490 e. The summed E-state index contributed by atoms with van der Waals surface area (Å²) in [6.07, 6.45) is 0. The van der Waals surface area contributed by atoms with Gasteiger partial charge in [0.25, 0.3) is 0 Å². The lowest BCUT2D eigenvalue weighted by Gasteiger charge is -2.19. The van der Waals surface area contributed by atoms with Gasteiger partial charge in [-0.15, -0.1) is 0 Å². The molecule has 1 N–H and O–H groups in total. The lowest BCUT2D eigenvalue weighted by atomic mass is 10.2. The summed E-state index contributed by atoms with van der Waals surface area (Å²) in [5, 5.41) is 3.41. The quantitative estimate of drug-likeness (QED) is 0.724. The van der Waals surface area contributed by atoms with E-state index in [4.69, 9.17) is 18.9 Å². The summed E-state index contributed by atoms with van der Waals surface area (Å²) in [5.41, 5.74) is 2.06. The van der Waals surface area contributed by atoms with Crippen LogP contribution in [0.2, 0.25) is 0 Å². The Bertz CT molecular complexity index is 736. The van der Waals surface area contributed by atoms with E-state index in [1.807, 2.05) is 44.2 Å². The standard InChI is InChI=1S/C19H22BrNO4/c1-3-22-17-9-13(15(20)11-19(17)23-4-2)12-21-14-5-6-16-18(10-14)25-8-7-24-16/h5-6,9-11,21H,3-4,7-8,12H2,1-2H3. The Morgan fingerprint density at radius 3 is 2.36 bits per heavy atom. The van der Waals surface area contributed by atoms with Gasteiger partial charge in [0.15, 0.2) is 23.0 Å². The van der Waals surface area contributed by atoms with E-state index >= 15 is 0 Å². The zero-order valence-corrected chi connectivity index (χ0v) is 16.0. The predicted octanol–water partition coefficient (Wildman–Crippen LogP) is 4.63. The van der Waals surface area contributed by atoms with Gasteiger partial charge in [-0.3, -0.25) is 0 Å². The zero-order chi connectivity index (χ0) is 17.6. The summed E-state index contributed by atoms with van der Waals surface area (Å²) < 4.78 is 23.5. The molecule has 0 saturated heterocycles. The van der Waals surface area contributed by atoms with Crippen LogP contribution in [0.5, 0.6) is 23.0 Å². The van der Waals surface area contributed by atoms with Crippen LogP contribution >= 0.6 is 15.9 Å². The van der Waals surface area contributed by atoms with E-state index in [-0.39, 0.29) is 0 Å². The molecule has 0 unspecified atom stereocenters. The van der Waals surface area contributed by atoms with E-state index in [1.165, 1.54) is 0 Å². The maximum Gasteiger partial charge on any atom is 0.163 e. The van der Waals surface area contributed by atoms with Crippen LogP contribution in [-0.4, -0.2) is 26.4 Å². The number of anilines is 1. The molecule has 0 aliphatic carbocycles. The first-order chi connectivity index (χ1) is 12.2. The molecule has 6 heteroatoms. The third-order valence-corrected chi connectivity index (χ3v) is 4.48. The highest BCUT2D eigenvalue weighted by Gasteiger charge is 2.13. The van der Waals surface area contributed by atoms with Crippen LogP contribution < -0.4 is 24.3 Å². The largest absolute Gasteiger partial charge is 0.490 e. The molecule has 1 aliphatic rings. The van der Waals surface area contributed by atoms with E-state index in [2.05, 4.69) is 21.2 Å². The van der Waals surface area contributed by atoms with E-state index in [9.17, 15) is 0 Å². The number of ether oxygens (including phenoxy) is 4. The van der Waals surface area contributed by atoms with Crippen LogP contribution in [0.4, 0.5) is 5.69 Å². The molecule has 2 aromatic rings. The van der Waals surface area contributed by atoms with Gasteiger partial charge in [-0.25, -0.2) is 0 Å². The Balaban J connectivity index is 1.75. The Morgan fingerprint density at radius 1 is 0.960 bits per heavy atom. The van der Waals surface area contributed by atoms with Gasteiger partial charge in [0.2, 0.25) is 0 Å². The van der Waals surface area contributed by atoms with Crippen molar-refractivity contribution < 1.29 is 18.9 Å². The highest BCUT2D eigenvalue weighted by molar-refractivity contribution is 9.10. The smallest absolute Gasteiger partial charge is 0.163 e. The molecule has 3 rings (SSSR count). The van der Waals surface area contributed by atoms with Crippen molar-refractivity contribution in [3.63, 3.8) is 0 Å². The van der Waals surface area contributed by atoms with Crippen molar-refractivity contribution in [2.45, 2.75) is 20.4 Å². The van der Waals surface area contributed by atoms with Gasteiger partial charge < -0.3 is 24.3 Å².